The van der Waals surface area contributed by atoms with Gasteiger partial charge in [-0.25, -0.2) is 0 Å². The Labute approximate surface area is 106 Å². The maximum absolute atomic E-state index is 13.3. The molecule has 2 aliphatic rings. The third-order valence-corrected chi connectivity index (χ3v) is 3.26. The molecule has 0 aromatic carbocycles. The van der Waals surface area contributed by atoms with Gasteiger partial charge in [0.05, 0.1) is 6.07 Å². The van der Waals surface area contributed by atoms with Gasteiger partial charge in [0.2, 0.25) is 11.4 Å². The van der Waals surface area contributed by atoms with Crippen molar-refractivity contribution in [3.05, 3.63) is 12.3 Å². The zero-order chi connectivity index (χ0) is 14.4. The van der Waals surface area contributed by atoms with Crippen molar-refractivity contribution in [2.45, 2.75) is 24.6 Å². The van der Waals surface area contributed by atoms with Gasteiger partial charge < -0.3 is 10.6 Å². The predicted molar refractivity (Wildman–Crippen MR) is 56.0 cm³/mol. The quantitative estimate of drug-likeness (QED) is 0.772. The Morgan fingerprint density at radius 1 is 1.53 bits per heavy atom. The number of carbonyl (C=O) groups is 2. The maximum Gasteiger partial charge on any atom is 0.422 e. The molecule has 1 aliphatic carbocycles. The fourth-order valence-corrected chi connectivity index (χ4v) is 2.02. The first kappa shape index (κ1) is 13.4. The standard InChI is InChI=1S/C11H10F3N3O2/c1-5-7(4-15)10(9(19)16-5,11(12,13)14)17-8(18)6-2-3-6/h6-7H,1-3H2,(H,16,19)(H,17,18)/t7-,10-/m0/s1. The van der Waals surface area contributed by atoms with Crippen molar-refractivity contribution in [3.8, 4) is 6.07 Å². The Morgan fingerprint density at radius 2 is 2.11 bits per heavy atom. The average Bonchev–Trinajstić information content (AvgIpc) is 3.06. The Hall–Kier alpha value is -2.04. The third-order valence-electron chi connectivity index (χ3n) is 3.26. The molecule has 1 aliphatic heterocycles. The Balaban J connectivity index is 2.44. The summed E-state index contributed by atoms with van der Waals surface area (Å²) >= 11 is 0. The average molecular weight is 273 g/mol. The van der Waals surface area contributed by atoms with E-state index in [1.165, 1.54) is 6.07 Å². The van der Waals surface area contributed by atoms with E-state index in [9.17, 15) is 22.8 Å². The van der Waals surface area contributed by atoms with E-state index in [0.717, 1.165) is 0 Å². The van der Waals surface area contributed by atoms with Crippen LogP contribution in [0.2, 0.25) is 0 Å². The molecule has 1 saturated heterocycles. The zero-order valence-electron chi connectivity index (χ0n) is 9.67. The summed E-state index contributed by atoms with van der Waals surface area (Å²) in [6.07, 6.45) is -4.11. The van der Waals surface area contributed by atoms with Crippen LogP contribution in [0.25, 0.3) is 0 Å². The Kier molecular flexibility index (Phi) is 2.81. The minimum Gasteiger partial charge on any atom is -0.333 e. The van der Waals surface area contributed by atoms with Gasteiger partial charge in [-0.15, -0.1) is 0 Å². The summed E-state index contributed by atoms with van der Waals surface area (Å²) in [5, 5.41) is 12.5. The second-order valence-electron chi connectivity index (χ2n) is 4.61. The molecule has 8 heteroatoms. The molecule has 2 atom stereocenters. The number of nitrogens with one attached hydrogen (secondary N) is 2. The largest absolute Gasteiger partial charge is 0.422 e. The van der Waals surface area contributed by atoms with E-state index in [-0.39, 0.29) is 5.70 Å². The topological polar surface area (TPSA) is 82.0 Å². The van der Waals surface area contributed by atoms with Gasteiger partial charge in [-0.05, 0) is 12.8 Å². The van der Waals surface area contributed by atoms with E-state index in [1.807, 2.05) is 5.32 Å². The van der Waals surface area contributed by atoms with Crippen molar-refractivity contribution >= 4 is 11.8 Å². The monoisotopic (exact) mass is 273 g/mol. The summed E-state index contributed by atoms with van der Waals surface area (Å²) < 4.78 is 39.8. The highest BCUT2D eigenvalue weighted by molar-refractivity contribution is 5.98. The molecule has 0 bridgehead atoms. The molecule has 1 saturated carbocycles. The van der Waals surface area contributed by atoms with Gasteiger partial charge in [0.25, 0.3) is 5.91 Å². The lowest BCUT2D eigenvalue weighted by molar-refractivity contribution is -0.202. The van der Waals surface area contributed by atoms with Crippen LogP contribution in [0, 0.1) is 23.2 Å². The normalized spacial score (nSPS) is 30.7. The van der Waals surface area contributed by atoms with Crippen LogP contribution in [0.3, 0.4) is 0 Å². The molecule has 1 heterocycles. The lowest BCUT2D eigenvalue weighted by Gasteiger charge is -2.32. The summed E-state index contributed by atoms with van der Waals surface area (Å²) in [4.78, 5) is 23.2. The fraction of sp³-hybridized carbons (Fsp3) is 0.545. The summed E-state index contributed by atoms with van der Waals surface area (Å²) in [5.41, 5.74) is -3.60. The molecule has 2 N–H and O–H groups in total. The molecule has 102 valence electrons. The van der Waals surface area contributed by atoms with Gasteiger partial charge in [0.1, 0.15) is 5.92 Å². The highest BCUT2D eigenvalue weighted by Gasteiger charge is 2.70. The molecule has 19 heavy (non-hydrogen) atoms. The van der Waals surface area contributed by atoms with Crippen LogP contribution in [0.4, 0.5) is 13.2 Å². The fourth-order valence-electron chi connectivity index (χ4n) is 2.02. The van der Waals surface area contributed by atoms with Crippen LogP contribution in [0.1, 0.15) is 12.8 Å². The van der Waals surface area contributed by atoms with Crippen molar-refractivity contribution in [2.75, 3.05) is 0 Å². The first-order chi connectivity index (χ1) is 8.74. The first-order valence-corrected chi connectivity index (χ1v) is 5.52. The second-order valence-corrected chi connectivity index (χ2v) is 4.61. The number of hydrogen-bond acceptors (Lipinski definition) is 3. The minimum absolute atomic E-state index is 0.360. The number of nitrogens with zero attached hydrogens (tertiary/aromatic N) is 1. The summed E-state index contributed by atoms with van der Waals surface area (Å²) in [6.45, 7) is 3.23. The van der Waals surface area contributed by atoms with Crippen molar-refractivity contribution in [1.29, 1.82) is 5.26 Å². The lowest BCUT2D eigenvalue weighted by Crippen LogP contribution is -2.66. The number of nitriles is 1. The van der Waals surface area contributed by atoms with E-state index in [4.69, 9.17) is 5.26 Å². The van der Waals surface area contributed by atoms with E-state index < -0.39 is 35.4 Å². The van der Waals surface area contributed by atoms with E-state index in [0.29, 0.717) is 12.8 Å². The zero-order valence-corrected chi connectivity index (χ0v) is 9.67. The predicted octanol–water partition coefficient (Wildman–Crippen LogP) is 0.597. The van der Waals surface area contributed by atoms with Gasteiger partial charge >= 0.3 is 6.18 Å². The van der Waals surface area contributed by atoms with Gasteiger partial charge in [-0.1, -0.05) is 6.58 Å². The smallest absolute Gasteiger partial charge is 0.333 e. The van der Waals surface area contributed by atoms with Gasteiger partial charge in [-0.3, -0.25) is 9.59 Å². The molecule has 0 aromatic heterocycles. The van der Waals surface area contributed by atoms with Crippen LogP contribution in [-0.4, -0.2) is 23.5 Å². The third kappa shape index (κ3) is 1.85. The van der Waals surface area contributed by atoms with Crippen LogP contribution in [-0.2, 0) is 9.59 Å². The van der Waals surface area contributed by atoms with E-state index in [2.05, 4.69) is 6.58 Å². The molecule has 0 radical (unpaired) electrons. The summed E-state index contributed by atoms with van der Waals surface area (Å²) in [5.74, 6) is -4.71. The van der Waals surface area contributed by atoms with Crippen LogP contribution in [0.5, 0.6) is 0 Å². The molecule has 0 aromatic rings. The molecule has 0 unspecified atom stereocenters. The lowest BCUT2D eigenvalue weighted by atomic mass is 9.85. The maximum atomic E-state index is 13.3. The molecule has 0 spiro atoms. The molecular formula is C11H10F3N3O2. The van der Waals surface area contributed by atoms with Gasteiger partial charge in [0, 0.05) is 11.6 Å². The van der Waals surface area contributed by atoms with Crippen LogP contribution >= 0.6 is 0 Å². The van der Waals surface area contributed by atoms with Crippen molar-refractivity contribution in [1.82, 2.24) is 10.6 Å². The molecule has 2 amide bonds. The molecule has 5 nitrogen and oxygen atoms in total. The van der Waals surface area contributed by atoms with Crippen molar-refractivity contribution in [2.24, 2.45) is 11.8 Å². The van der Waals surface area contributed by atoms with Gasteiger partial charge in [-0.2, -0.15) is 18.4 Å². The number of alkyl halides is 3. The van der Waals surface area contributed by atoms with Crippen molar-refractivity contribution < 1.29 is 22.8 Å². The van der Waals surface area contributed by atoms with E-state index in [1.54, 1.807) is 5.32 Å². The van der Waals surface area contributed by atoms with Crippen LogP contribution < -0.4 is 10.6 Å². The first-order valence-electron chi connectivity index (χ1n) is 5.52. The SMILES string of the molecule is C=C1NC(=O)[C@](NC(=O)C2CC2)(C(F)(F)F)[C@H]1C#N. The van der Waals surface area contributed by atoms with Crippen LogP contribution in [0.15, 0.2) is 12.3 Å². The Morgan fingerprint density at radius 3 is 2.53 bits per heavy atom. The second kappa shape index (κ2) is 3.98. The minimum atomic E-state index is -5.08. The Bertz CT molecular complexity index is 504. The van der Waals surface area contributed by atoms with Gasteiger partial charge in [0.15, 0.2) is 0 Å². The number of rotatable bonds is 2. The highest BCUT2D eigenvalue weighted by Crippen LogP contribution is 2.43. The highest BCUT2D eigenvalue weighted by atomic mass is 19.4. The molecular weight excluding hydrogens is 263 g/mol. The number of carbonyl (C=O) groups excluding carboxylic acids is 2. The molecule has 2 rings (SSSR count). The van der Waals surface area contributed by atoms with E-state index >= 15 is 0 Å². The molecule has 2 fully saturated rings. The number of amides is 2. The number of hydrogen-bond donors (Lipinski definition) is 2. The number of halogens is 3. The summed E-state index contributed by atoms with van der Waals surface area (Å²) in [7, 11) is 0. The summed E-state index contributed by atoms with van der Waals surface area (Å²) in [6, 6.07) is 1.39. The van der Waals surface area contributed by atoms with Crippen molar-refractivity contribution in [3.63, 3.8) is 0 Å².